The summed E-state index contributed by atoms with van der Waals surface area (Å²) in [4.78, 5) is 19.2. The molecule has 0 aliphatic rings. The summed E-state index contributed by atoms with van der Waals surface area (Å²) >= 11 is 6.97. The second-order valence-corrected chi connectivity index (χ2v) is 4.01. The average Bonchev–Trinajstić information content (AvgIpc) is 2.83. The van der Waals surface area contributed by atoms with Crippen LogP contribution in [-0.4, -0.2) is 21.8 Å². The molecule has 0 spiro atoms. The number of nitrogens with one attached hydrogen (secondary N) is 1. The summed E-state index contributed by atoms with van der Waals surface area (Å²) in [5.74, 6) is -0.148. The lowest BCUT2D eigenvalue weighted by Gasteiger charge is -2.02. The molecule has 1 amide bonds. The lowest BCUT2D eigenvalue weighted by Crippen LogP contribution is -2.14. The maximum Gasteiger partial charge on any atom is 0.241 e. The molecule has 0 aromatic carbocycles. The molecule has 0 fully saturated rings. The van der Waals surface area contributed by atoms with Crippen LogP contribution < -0.4 is 5.32 Å². The number of amides is 1. The van der Waals surface area contributed by atoms with Crippen LogP contribution in [0.1, 0.15) is 0 Å². The van der Waals surface area contributed by atoms with Crippen LogP contribution in [0.5, 0.6) is 0 Å². The third-order valence-corrected chi connectivity index (χ3v) is 2.77. The first-order chi connectivity index (χ1) is 7.79. The van der Waals surface area contributed by atoms with Crippen molar-refractivity contribution in [2.75, 3.05) is 11.2 Å². The van der Waals surface area contributed by atoms with Gasteiger partial charge >= 0.3 is 0 Å². The van der Waals surface area contributed by atoms with Crippen LogP contribution in [0.15, 0.2) is 29.1 Å². The molecule has 0 bridgehead atoms. The van der Waals surface area contributed by atoms with Gasteiger partial charge in [0.2, 0.25) is 11.9 Å². The van der Waals surface area contributed by atoms with Gasteiger partial charge in [-0.3, -0.25) is 10.1 Å². The third-order valence-electron chi connectivity index (χ3n) is 1.85. The van der Waals surface area contributed by atoms with Gasteiger partial charge in [0.05, 0.1) is 5.69 Å². The number of hydrogen-bond acceptors (Lipinski definition) is 4. The fraction of sp³-hybridized carbons (Fsp3) is 0.100. The quantitative estimate of drug-likeness (QED) is 0.855. The van der Waals surface area contributed by atoms with Crippen molar-refractivity contribution < 1.29 is 4.79 Å². The predicted molar refractivity (Wildman–Crippen MR) is 64.7 cm³/mol. The lowest BCUT2D eigenvalue weighted by atomic mass is 10.2. The Hall–Kier alpha value is -1.46. The standard InChI is InChI=1S/C10H8ClN3OS/c11-5-9(15)14-10-12-3-1-8(13-10)7-2-4-16-6-7/h1-4,6H,5H2,(H,12,13,14,15). The molecule has 2 heterocycles. The van der Waals surface area contributed by atoms with E-state index in [2.05, 4.69) is 15.3 Å². The van der Waals surface area contributed by atoms with E-state index in [1.165, 1.54) is 0 Å². The van der Waals surface area contributed by atoms with Gasteiger partial charge in [0.25, 0.3) is 0 Å². The summed E-state index contributed by atoms with van der Waals surface area (Å²) in [5.41, 5.74) is 1.79. The molecule has 0 aliphatic carbocycles. The average molecular weight is 254 g/mol. The molecule has 0 saturated heterocycles. The highest BCUT2D eigenvalue weighted by Gasteiger charge is 2.05. The summed E-state index contributed by atoms with van der Waals surface area (Å²) < 4.78 is 0. The van der Waals surface area contributed by atoms with Crippen molar-refractivity contribution in [2.45, 2.75) is 0 Å². The molecule has 16 heavy (non-hydrogen) atoms. The number of thiophene rings is 1. The Labute approximate surface area is 101 Å². The molecule has 0 radical (unpaired) electrons. The highest BCUT2D eigenvalue weighted by atomic mass is 35.5. The SMILES string of the molecule is O=C(CCl)Nc1nccc(-c2ccsc2)n1. The molecule has 0 atom stereocenters. The fourth-order valence-corrected chi connectivity index (χ4v) is 1.86. The molecular weight excluding hydrogens is 246 g/mol. The Balaban J connectivity index is 2.23. The minimum Gasteiger partial charge on any atom is -0.293 e. The van der Waals surface area contributed by atoms with Crippen molar-refractivity contribution in [3.05, 3.63) is 29.1 Å². The molecule has 82 valence electrons. The summed E-state index contributed by atoms with van der Waals surface area (Å²) in [6.45, 7) is 0. The number of nitrogens with zero attached hydrogens (tertiary/aromatic N) is 2. The monoisotopic (exact) mass is 253 g/mol. The Morgan fingerprint density at radius 3 is 3.06 bits per heavy atom. The van der Waals surface area contributed by atoms with Gasteiger partial charge in [-0.25, -0.2) is 9.97 Å². The van der Waals surface area contributed by atoms with Crippen LogP contribution in [0.25, 0.3) is 11.3 Å². The zero-order chi connectivity index (χ0) is 11.4. The zero-order valence-corrected chi connectivity index (χ0v) is 9.76. The van der Waals surface area contributed by atoms with Gasteiger partial charge in [-0.2, -0.15) is 11.3 Å². The molecule has 2 aromatic heterocycles. The summed E-state index contributed by atoms with van der Waals surface area (Å²) in [7, 11) is 0. The smallest absolute Gasteiger partial charge is 0.241 e. The van der Waals surface area contributed by atoms with E-state index in [9.17, 15) is 4.79 Å². The van der Waals surface area contributed by atoms with E-state index < -0.39 is 0 Å². The zero-order valence-electron chi connectivity index (χ0n) is 8.18. The minimum absolute atomic E-state index is 0.105. The number of aromatic nitrogens is 2. The van der Waals surface area contributed by atoms with Crippen molar-refractivity contribution >= 4 is 34.8 Å². The highest BCUT2D eigenvalue weighted by Crippen LogP contribution is 2.20. The highest BCUT2D eigenvalue weighted by molar-refractivity contribution is 7.08. The van der Waals surface area contributed by atoms with E-state index >= 15 is 0 Å². The van der Waals surface area contributed by atoms with E-state index in [1.54, 1.807) is 23.6 Å². The topological polar surface area (TPSA) is 54.9 Å². The van der Waals surface area contributed by atoms with Crippen LogP contribution >= 0.6 is 22.9 Å². The number of halogens is 1. The first-order valence-corrected chi connectivity index (χ1v) is 5.99. The normalized spacial score (nSPS) is 10.1. The van der Waals surface area contributed by atoms with Gasteiger partial charge < -0.3 is 0 Å². The van der Waals surface area contributed by atoms with Gasteiger partial charge in [0, 0.05) is 17.1 Å². The van der Waals surface area contributed by atoms with Crippen LogP contribution in [-0.2, 0) is 4.79 Å². The van der Waals surface area contributed by atoms with E-state index in [0.717, 1.165) is 11.3 Å². The maximum atomic E-state index is 11.1. The summed E-state index contributed by atoms with van der Waals surface area (Å²) in [5, 5.41) is 6.45. The van der Waals surface area contributed by atoms with Crippen LogP contribution in [0.2, 0.25) is 0 Å². The predicted octanol–water partition coefficient (Wildman–Crippen LogP) is 2.38. The van der Waals surface area contributed by atoms with Crippen LogP contribution in [0, 0.1) is 0 Å². The molecule has 1 N–H and O–H groups in total. The first-order valence-electron chi connectivity index (χ1n) is 4.51. The second kappa shape index (κ2) is 5.05. The molecule has 0 unspecified atom stereocenters. The van der Waals surface area contributed by atoms with Crippen molar-refractivity contribution in [2.24, 2.45) is 0 Å². The van der Waals surface area contributed by atoms with E-state index in [1.807, 2.05) is 16.8 Å². The number of hydrogen-bond donors (Lipinski definition) is 1. The van der Waals surface area contributed by atoms with E-state index in [4.69, 9.17) is 11.6 Å². The second-order valence-electron chi connectivity index (χ2n) is 2.96. The van der Waals surface area contributed by atoms with Crippen molar-refractivity contribution in [3.63, 3.8) is 0 Å². The number of carbonyl (C=O) groups is 1. The molecular formula is C10H8ClN3OS. The molecule has 2 rings (SSSR count). The molecule has 0 saturated carbocycles. The largest absolute Gasteiger partial charge is 0.293 e. The number of anilines is 1. The number of rotatable bonds is 3. The van der Waals surface area contributed by atoms with Crippen LogP contribution in [0.4, 0.5) is 5.95 Å². The first kappa shape index (κ1) is 11.0. The van der Waals surface area contributed by atoms with Gasteiger partial charge in [-0.05, 0) is 17.5 Å². The van der Waals surface area contributed by atoms with Gasteiger partial charge in [-0.15, -0.1) is 11.6 Å². The van der Waals surface area contributed by atoms with E-state index in [-0.39, 0.29) is 17.7 Å². The Morgan fingerprint density at radius 2 is 2.38 bits per heavy atom. The molecule has 4 nitrogen and oxygen atoms in total. The molecule has 6 heteroatoms. The van der Waals surface area contributed by atoms with Gasteiger partial charge in [-0.1, -0.05) is 0 Å². The third kappa shape index (κ3) is 2.56. The Bertz CT molecular complexity index is 487. The molecule has 2 aromatic rings. The molecule has 0 aliphatic heterocycles. The van der Waals surface area contributed by atoms with Crippen molar-refractivity contribution in [3.8, 4) is 11.3 Å². The number of carbonyl (C=O) groups excluding carboxylic acids is 1. The van der Waals surface area contributed by atoms with E-state index in [0.29, 0.717) is 0 Å². The Morgan fingerprint density at radius 1 is 1.50 bits per heavy atom. The summed E-state index contributed by atoms with van der Waals surface area (Å²) in [6.07, 6.45) is 1.60. The summed E-state index contributed by atoms with van der Waals surface area (Å²) in [6, 6.07) is 3.75. The van der Waals surface area contributed by atoms with Gasteiger partial charge in [0.1, 0.15) is 5.88 Å². The lowest BCUT2D eigenvalue weighted by molar-refractivity contribution is -0.114. The van der Waals surface area contributed by atoms with Crippen molar-refractivity contribution in [1.82, 2.24) is 9.97 Å². The maximum absolute atomic E-state index is 11.1. The van der Waals surface area contributed by atoms with Gasteiger partial charge in [0.15, 0.2) is 0 Å². The minimum atomic E-state index is -0.316. The Kier molecular flexibility index (Phi) is 3.48. The van der Waals surface area contributed by atoms with Crippen molar-refractivity contribution in [1.29, 1.82) is 0 Å². The fourth-order valence-electron chi connectivity index (χ4n) is 1.15. The van der Waals surface area contributed by atoms with Crippen LogP contribution in [0.3, 0.4) is 0 Å². The number of alkyl halides is 1.